The van der Waals surface area contributed by atoms with E-state index in [1.165, 1.54) is 23.1 Å². The van der Waals surface area contributed by atoms with E-state index in [0.717, 1.165) is 27.5 Å². The van der Waals surface area contributed by atoms with Gasteiger partial charge in [0, 0.05) is 32.2 Å². The third-order valence-electron chi connectivity index (χ3n) is 4.41. The van der Waals surface area contributed by atoms with Crippen LogP contribution < -0.4 is 16.0 Å². The largest absolute Gasteiger partial charge is 0.332 e. The Morgan fingerprint density at radius 2 is 1.58 bits per heavy atom. The number of para-hydroxylation sites is 1. The fourth-order valence-corrected chi connectivity index (χ4v) is 4.77. The highest BCUT2D eigenvalue weighted by Gasteiger charge is 2.10. The molecule has 3 N–H and O–H groups in total. The topological polar surface area (TPSA) is 66.1 Å². The van der Waals surface area contributed by atoms with Gasteiger partial charge in [0.1, 0.15) is 0 Å². The molecule has 33 heavy (non-hydrogen) atoms. The van der Waals surface area contributed by atoms with Crippen LogP contribution in [0.25, 0.3) is 11.3 Å². The molecule has 0 saturated carbocycles. The van der Waals surface area contributed by atoms with Gasteiger partial charge >= 0.3 is 0 Å². The molecule has 0 aliphatic carbocycles. The number of carbonyl (C=O) groups is 1. The van der Waals surface area contributed by atoms with Crippen LogP contribution in [0.1, 0.15) is 0 Å². The number of nitrogens with zero attached hydrogens (tertiary/aromatic N) is 1. The Bertz CT molecular complexity index is 1250. The van der Waals surface area contributed by atoms with Crippen LogP contribution in [0.2, 0.25) is 5.02 Å². The van der Waals surface area contributed by atoms with Gasteiger partial charge in [-0.25, -0.2) is 4.98 Å². The maximum absolute atomic E-state index is 12.4. The van der Waals surface area contributed by atoms with E-state index in [9.17, 15) is 4.79 Å². The lowest BCUT2D eigenvalue weighted by atomic mass is 10.2. The van der Waals surface area contributed by atoms with Crippen LogP contribution in [0.15, 0.2) is 89.1 Å². The molecule has 4 rings (SSSR count). The van der Waals surface area contributed by atoms with Crippen molar-refractivity contribution < 1.29 is 4.79 Å². The summed E-state index contributed by atoms with van der Waals surface area (Å²) in [6, 6.07) is 25.0. The number of rotatable bonds is 7. The van der Waals surface area contributed by atoms with Gasteiger partial charge in [-0.05, 0) is 54.7 Å². The molecule has 3 aromatic carbocycles. The summed E-state index contributed by atoms with van der Waals surface area (Å²) in [7, 11) is 0. The van der Waals surface area contributed by atoms with Gasteiger partial charge in [0.2, 0.25) is 5.91 Å². The summed E-state index contributed by atoms with van der Waals surface area (Å²) in [4.78, 5) is 17.8. The van der Waals surface area contributed by atoms with Gasteiger partial charge in [-0.3, -0.25) is 4.79 Å². The predicted molar refractivity (Wildman–Crippen MR) is 145 cm³/mol. The predicted octanol–water partition coefficient (Wildman–Crippen LogP) is 7.00. The van der Waals surface area contributed by atoms with Gasteiger partial charge in [-0.2, -0.15) is 0 Å². The number of aromatic nitrogens is 1. The summed E-state index contributed by atoms with van der Waals surface area (Å²) < 4.78 is 0. The number of hydrogen-bond acceptors (Lipinski definition) is 5. The first-order valence-electron chi connectivity index (χ1n) is 9.93. The van der Waals surface area contributed by atoms with Gasteiger partial charge in [-0.1, -0.05) is 48.0 Å². The highest BCUT2D eigenvalue weighted by atomic mass is 35.5. The molecule has 0 saturated heterocycles. The quantitative estimate of drug-likeness (QED) is 0.184. The monoisotopic (exact) mass is 510 g/mol. The molecular formula is C24H19ClN4OS3. The molecule has 0 unspecified atom stereocenters. The third-order valence-corrected chi connectivity index (χ3v) is 6.72. The number of halogens is 1. The zero-order valence-electron chi connectivity index (χ0n) is 17.2. The average molecular weight is 511 g/mol. The molecule has 0 bridgehead atoms. The van der Waals surface area contributed by atoms with E-state index in [2.05, 4.69) is 20.9 Å². The second-order valence-corrected chi connectivity index (χ2v) is 9.55. The summed E-state index contributed by atoms with van der Waals surface area (Å²) in [5.41, 5.74) is 3.38. The van der Waals surface area contributed by atoms with Gasteiger partial charge < -0.3 is 16.0 Å². The molecule has 9 heteroatoms. The number of thiocarbonyl (C=S) groups is 1. The second-order valence-electron chi connectivity index (χ2n) is 6.82. The minimum atomic E-state index is -0.115. The summed E-state index contributed by atoms with van der Waals surface area (Å²) in [6.07, 6.45) is 0. The maximum atomic E-state index is 12.4. The number of nitrogens with one attached hydrogen (secondary N) is 3. The van der Waals surface area contributed by atoms with E-state index in [-0.39, 0.29) is 11.7 Å². The van der Waals surface area contributed by atoms with Crippen molar-refractivity contribution in [3.8, 4) is 11.3 Å². The van der Waals surface area contributed by atoms with E-state index in [1.54, 1.807) is 0 Å². The Labute approximate surface area is 210 Å². The van der Waals surface area contributed by atoms with Crippen molar-refractivity contribution in [2.24, 2.45) is 0 Å². The number of carbonyl (C=O) groups excluding carboxylic acids is 1. The molecule has 0 aliphatic heterocycles. The Morgan fingerprint density at radius 1 is 0.909 bits per heavy atom. The third kappa shape index (κ3) is 6.79. The lowest BCUT2D eigenvalue weighted by Gasteiger charge is -2.11. The molecule has 5 nitrogen and oxygen atoms in total. The highest BCUT2D eigenvalue weighted by molar-refractivity contribution is 8.00. The second kappa shape index (κ2) is 11.3. The van der Waals surface area contributed by atoms with E-state index < -0.39 is 0 Å². The molecule has 1 amide bonds. The van der Waals surface area contributed by atoms with Crippen molar-refractivity contribution in [2.45, 2.75) is 4.90 Å². The molecule has 0 aliphatic rings. The number of benzene rings is 3. The standard InChI is InChI=1S/C24H19ClN4OS3/c25-20-9-5-4-8-19(20)21-14-33-24(28-21)29-22(30)15-32-18-12-10-17(11-13-18)27-23(31)26-16-6-2-1-3-7-16/h1-14H,15H2,(H2,26,27,31)(H,28,29,30). The molecule has 0 radical (unpaired) electrons. The first-order chi connectivity index (χ1) is 16.1. The number of thioether (sulfide) groups is 1. The summed E-state index contributed by atoms with van der Waals surface area (Å²) in [5, 5.41) is 12.7. The summed E-state index contributed by atoms with van der Waals surface area (Å²) in [6.45, 7) is 0. The molecule has 166 valence electrons. The summed E-state index contributed by atoms with van der Waals surface area (Å²) >= 11 is 14.4. The van der Waals surface area contributed by atoms with Gasteiger partial charge in [-0.15, -0.1) is 23.1 Å². The van der Waals surface area contributed by atoms with Crippen molar-refractivity contribution in [1.29, 1.82) is 0 Å². The minimum absolute atomic E-state index is 0.115. The minimum Gasteiger partial charge on any atom is -0.332 e. The first-order valence-corrected chi connectivity index (χ1v) is 12.6. The van der Waals surface area contributed by atoms with Crippen molar-refractivity contribution in [1.82, 2.24) is 4.98 Å². The highest BCUT2D eigenvalue weighted by Crippen LogP contribution is 2.30. The molecule has 1 aromatic heterocycles. The number of amides is 1. The van der Waals surface area contributed by atoms with Crippen LogP contribution in [0.3, 0.4) is 0 Å². The summed E-state index contributed by atoms with van der Waals surface area (Å²) in [5.74, 6) is 0.164. The molecule has 1 heterocycles. The van der Waals surface area contributed by atoms with Crippen LogP contribution >= 0.6 is 46.9 Å². The molecule has 4 aromatic rings. The fraction of sp³-hybridized carbons (Fsp3) is 0.0417. The number of hydrogen-bond donors (Lipinski definition) is 3. The van der Waals surface area contributed by atoms with Crippen LogP contribution in [0, 0.1) is 0 Å². The Kier molecular flexibility index (Phi) is 7.96. The Hall–Kier alpha value is -2.91. The van der Waals surface area contributed by atoms with E-state index in [0.29, 0.717) is 15.3 Å². The number of thiazole rings is 1. The van der Waals surface area contributed by atoms with Crippen LogP contribution in [-0.2, 0) is 4.79 Å². The van der Waals surface area contributed by atoms with Crippen molar-refractivity contribution >= 4 is 74.4 Å². The van der Waals surface area contributed by atoms with Crippen LogP contribution in [-0.4, -0.2) is 21.8 Å². The molecular weight excluding hydrogens is 492 g/mol. The smallest absolute Gasteiger partial charge is 0.236 e. The normalized spacial score (nSPS) is 10.5. The molecule has 0 fully saturated rings. The average Bonchev–Trinajstić information content (AvgIpc) is 3.27. The van der Waals surface area contributed by atoms with Crippen molar-refractivity contribution in [2.75, 3.05) is 21.7 Å². The Balaban J connectivity index is 1.25. The van der Waals surface area contributed by atoms with Crippen molar-refractivity contribution in [3.63, 3.8) is 0 Å². The van der Waals surface area contributed by atoms with E-state index in [4.69, 9.17) is 23.8 Å². The first kappa shape index (κ1) is 23.3. The van der Waals surface area contributed by atoms with Crippen molar-refractivity contribution in [3.05, 3.63) is 89.3 Å². The van der Waals surface area contributed by atoms with Crippen LogP contribution in [0.4, 0.5) is 16.5 Å². The lowest BCUT2D eigenvalue weighted by Crippen LogP contribution is -2.18. The molecule has 0 atom stereocenters. The SMILES string of the molecule is O=C(CSc1ccc(NC(=S)Nc2ccccc2)cc1)Nc1nc(-c2ccccc2Cl)cs1. The number of anilines is 3. The maximum Gasteiger partial charge on any atom is 0.236 e. The van der Waals surface area contributed by atoms with Gasteiger partial charge in [0.05, 0.1) is 11.4 Å². The fourth-order valence-electron chi connectivity index (χ4n) is 2.88. The lowest BCUT2D eigenvalue weighted by molar-refractivity contribution is -0.113. The van der Waals surface area contributed by atoms with E-state index >= 15 is 0 Å². The van der Waals surface area contributed by atoms with Crippen LogP contribution in [0.5, 0.6) is 0 Å². The van der Waals surface area contributed by atoms with Gasteiger partial charge in [0.25, 0.3) is 0 Å². The van der Waals surface area contributed by atoms with E-state index in [1.807, 2.05) is 84.2 Å². The zero-order chi connectivity index (χ0) is 23.0. The molecule has 0 spiro atoms. The zero-order valence-corrected chi connectivity index (χ0v) is 20.5. The Morgan fingerprint density at radius 3 is 2.30 bits per heavy atom. The van der Waals surface area contributed by atoms with Gasteiger partial charge in [0.15, 0.2) is 10.2 Å².